The summed E-state index contributed by atoms with van der Waals surface area (Å²) in [5.74, 6) is -1.86. The van der Waals surface area contributed by atoms with Crippen molar-refractivity contribution in [1.82, 2.24) is 10.2 Å². The van der Waals surface area contributed by atoms with E-state index >= 15 is 4.79 Å². The molecule has 0 aromatic heterocycles. The highest BCUT2D eigenvalue weighted by Gasteiger charge is 2.65. The van der Waals surface area contributed by atoms with Crippen LogP contribution in [0.25, 0.3) is 10.8 Å². The Balaban J connectivity index is 1.52. The lowest BCUT2D eigenvalue weighted by Crippen LogP contribution is -2.70. The highest BCUT2D eigenvalue weighted by molar-refractivity contribution is 6.03. The first kappa shape index (κ1) is 47.0. The van der Waals surface area contributed by atoms with Crippen molar-refractivity contribution in [2.45, 2.75) is 103 Å². The van der Waals surface area contributed by atoms with Gasteiger partial charge in [0, 0.05) is 49.8 Å². The number of nitriles is 1. The maximum atomic E-state index is 15.6. The minimum atomic E-state index is -1.53. The van der Waals surface area contributed by atoms with E-state index < -0.39 is 29.4 Å². The number of carbonyl (C=O) groups excluding carboxylic acids is 2. The lowest BCUT2D eigenvalue weighted by molar-refractivity contribution is -0.255. The van der Waals surface area contributed by atoms with Crippen LogP contribution in [-0.4, -0.2) is 76.6 Å². The molecule has 12 heteroatoms. The van der Waals surface area contributed by atoms with Gasteiger partial charge in [-0.05, 0) is 130 Å². The highest BCUT2D eigenvalue weighted by Crippen LogP contribution is 2.62. The molecule has 1 saturated carbocycles. The van der Waals surface area contributed by atoms with Crippen LogP contribution in [0.1, 0.15) is 106 Å². The van der Waals surface area contributed by atoms with Gasteiger partial charge in [-0.3, -0.25) is 4.79 Å². The highest BCUT2D eigenvalue weighted by atomic mass is 16.7. The van der Waals surface area contributed by atoms with Crippen LogP contribution in [0, 0.1) is 29.1 Å². The van der Waals surface area contributed by atoms with Gasteiger partial charge < -0.3 is 39.5 Å². The lowest BCUT2D eigenvalue weighted by atomic mass is 9.55. The summed E-state index contributed by atoms with van der Waals surface area (Å²) in [5.41, 5.74) is 3.48. The van der Waals surface area contributed by atoms with Crippen molar-refractivity contribution in [3.8, 4) is 17.6 Å². The zero-order valence-electron chi connectivity index (χ0n) is 38.0. The summed E-state index contributed by atoms with van der Waals surface area (Å²) in [4.78, 5) is 36.6. The maximum Gasteiger partial charge on any atom is 0.412 e. The topological polar surface area (TPSA) is 163 Å². The van der Waals surface area contributed by atoms with Gasteiger partial charge >= 0.3 is 6.09 Å². The van der Waals surface area contributed by atoms with Crippen LogP contribution in [0.4, 0.5) is 4.79 Å². The van der Waals surface area contributed by atoms with Gasteiger partial charge in [-0.2, -0.15) is 5.26 Å². The number of rotatable bonds is 18. The number of aliphatic hydroxyl groups excluding tert-OH is 2. The Morgan fingerprint density at radius 2 is 1.74 bits per heavy atom. The third kappa shape index (κ3) is 10.3. The number of nitrogens with zero attached hydrogens (tertiary/aromatic N) is 3. The molecule has 342 valence electrons. The predicted octanol–water partition coefficient (Wildman–Crippen LogP) is 9.59. The number of fused-ring (bicyclic) bond motifs is 3. The molecule has 0 saturated heterocycles. The number of hydrogen-bond acceptors (Lipinski definition) is 10. The molecule has 7 rings (SSSR count). The molecule has 6 atom stereocenters. The number of ether oxygens (including phenoxy) is 3. The monoisotopic (exact) mass is 882 g/mol. The number of benzene rings is 4. The number of aliphatic hydroxyl groups is 2. The van der Waals surface area contributed by atoms with Gasteiger partial charge in [0.15, 0.2) is 0 Å². The molecule has 0 spiro atoms. The number of allylic oxidation sites excluding steroid dienone is 1. The first-order valence-corrected chi connectivity index (χ1v) is 22.9. The molecule has 0 bridgehead atoms. The molecule has 12 nitrogen and oxygen atoms in total. The third-order valence-corrected chi connectivity index (χ3v) is 12.7. The van der Waals surface area contributed by atoms with Crippen molar-refractivity contribution in [1.29, 1.82) is 5.26 Å². The van der Waals surface area contributed by atoms with Crippen molar-refractivity contribution in [2.75, 3.05) is 26.4 Å². The first-order valence-electron chi connectivity index (χ1n) is 22.9. The van der Waals surface area contributed by atoms with Gasteiger partial charge in [-0.15, -0.1) is 6.58 Å². The molecule has 6 unspecified atom stereocenters. The molecule has 1 fully saturated rings. The normalized spacial score (nSPS) is 22.7. The number of hydrogen-bond donors (Lipinski definition) is 3. The number of oxime groups is 1. The molecule has 2 amide bonds. The predicted molar refractivity (Wildman–Crippen MR) is 250 cm³/mol. The van der Waals surface area contributed by atoms with Crippen LogP contribution in [0.3, 0.4) is 0 Å². The summed E-state index contributed by atoms with van der Waals surface area (Å²) < 4.78 is 20.5. The lowest BCUT2D eigenvalue weighted by Gasteiger charge is -2.60. The van der Waals surface area contributed by atoms with E-state index in [1.807, 2.05) is 69.0 Å². The van der Waals surface area contributed by atoms with Crippen LogP contribution in [0.15, 0.2) is 114 Å². The summed E-state index contributed by atoms with van der Waals surface area (Å²) in [6.07, 6.45) is 7.93. The van der Waals surface area contributed by atoms with E-state index in [0.717, 1.165) is 53.2 Å². The minimum absolute atomic E-state index is 0.0102. The van der Waals surface area contributed by atoms with Crippen molar-refractivity contribution in [3.63, 3.8) is 0 Å². The van der Waals surface area contributed by atoms with E-state index in [-0.39, 0.29) is 56.4 Å². The fraction of sp³-hybridized carbons (Fsp3) is 0.434. The fourth-order valence-corrected chi connectivity index (χ4v) is 9.98. The summed E-state index contributed by atoms with van der Waals surface area (Å²) in [7, 11) is 0. The van der Waals surface area contributed by atoms with Crippen molar-refractivity contribution in [3.05, 3.63) is 131 Å². The van der Waals surface area contributed by atoms with Crippen LogP contribution >= 0.6 is 0 Å². The molecule has 3 N–H and O–H groups in total. The average molecular weight is 883 g/mol. The Hall–Kier alpha value is -6.00. The van der Waals surface area contributed by atoms with Crippen LogP contribution in [0.2, 0.25) is 0 Å². The van der Waals surface area contributed by atoms with Crippen LogP contribution in [-0.2, 0) is 16.1 Å². The molecule has 3 aliphatic rings. The van der Waals surface area contributed by atoms with E-state index in [1.54, 1.807) is 36.4 Å². The van der Waals surface area contributed by atoms with Crippen molar-refractivity contribution >= 4 is 28.5 Å². The van der Waals surface area contributed by atoms with Gasteiger partial charge in [0.05, 0.1) is 29.9 Å². The van der Waals surface area contributed by atoms with Crippen LogP contribution in [0.5, 0.6) is 11.5 Å². The van der Waals surface area contributed by atoms with Crippen molar-refractivity contribution in [2.24, 2.45) is 22.9 Å². The number of amides is 2. The Kier molecular flexibility index (Phi) is 15.1. The average Bonchev–Trinajstić information content (AvgIpc) is 3.30. The molecular formula is C53H62N4O8. The second-order valence-electron chi connectivity index (χ2n) is 18.2. The second kappa shape index (κ2) is 20.9. The minimum Gasteiger partial charge on any atom is -0.459 e. The molecule has 4 aromatic rings. The Bertz CT molecular complexity index is 2430. The quantitative estimate of drug-likeness (QED) is 0.0502. The molecule has 1 aliphatic heterocycles. The summed E-state index contributed by atoms with van der Waals surface area (Å²) in [6, 6.07) is 27.6. The molecule has 1 heterocycles. The number of nitrogens with one attached hydrogen (secondary N) is 1. The first-order chi connectivity index (χ1) is 31.4. The molecule has 0 radical (unpaired) electrons. The third-order valence-electron chi connectivity index (χ3n) is 12.7. The number of unbranched alkanes of at least 4 members (excludes halogenated alkanes) is 2. The fourth-order valence-electron chi connectivity index (χ4n) is 9.98. The number of carbonyl (C=O) groups is 2. The van der Waals surface area contributed by atoms with E-state index in [4.69, 9.17) is 24.2 Å². The van der Waals surface area contributed by atoms with Gasteiger partial charge in [0.1, 0.15) is 23.1 Å². The van der Waals surface area contributed by atoms with Crippen molar-refractivity contribution < 1.29 is 38.9 Å². The largest absolute Gasteiger partial charge is 0.459 e. The van der Waals surface area contributed by atoms with E-state index in [1.165, 1.54) is 0 Å². The maximum absolute atomic E-state index is 15.6. The van der Waals surface area contributed by atoms with E-state index in [9.17, 15) is 20.3 Å². The Labute approximate surface area is 382 Å². The van der Waals surface area contributed by atoms with Gasteiger partial charge in [0.2, 0.25) is 5.79 Å². The summed E-state index contributed by atoms with van der Waals surface area (Å²) in [6.45, 7) is 12.5. The van der Waals surface area contributed by atoms with Gasteiger partial charge in [0.25, 0.3) is 5.91 Å². The van der Waals surface area contributed by atoms with Gasteiger partial charge in [-0.25, -0.2) is 4.79 Å². The summed E-state index contributed by atoms with van der Waals surface area (Å²) in [5, 5.41) is 39.4. The smallest absolute Gasteiger partial charge is 0.412 e. The Morgan fingerprint density at radius 1 is 1.00 bits per heavy atom. The van der Waals surface area contributed by atoms with Gasteiger partial charge in [-0.1, -0.05) is 72.6 Å². The Morgan fingerprint density at radius 3 is 2.45 bits per heavy atom. The second-order valence-corrected chi connectivity index (χ2v) is 18.2. The molecule has 2 aliphatic carbocycles. The zero-order valence-corrected chi connectivity index (χ0v) is 38.0. The van der Waals surface area contributed by atoms with Crippen LogP contribution < -0.4 is 14.8 Å². The molecule has 65 heavy (non-hydrogen) atoms. The van der Waals surface area contributed by atoms with E-state index in [2.05, 4.69) is 42.2 Å². The molecular weight excluding hydrogens is 821 g/mol. The SMILES string of the molecule is C=CCOC12Oc3ccc(OC(=O)NCC)cc3C3C(CCCCO)C(CCCCO)C=C(C(=NOC(C)(C)C)CC1N(Cc1cccc4ccccc14)C(=O)c1ccc(C#N)cc1)C32. The zero-order chi connectivity index (χ0) is 46.1. The van der Waals surface area contributed by atoms with E-state index in [0.29, 0.717) is 47.7 Å². The standard InChI is InChI=1S/C53H62N4O8/c1-6-29-62-53-47(57(50(60)37-23-21-35(33-54)22-24-37)34-39-18-14-17-36-15-8-9-19-41(36)39)32-45(56-65-52(3,4)5)43-30-38(16-10-12-27-58)42(20-11-13-28-59)48(49(43)53)44-31-40(25-26-46(44)64-53)63-51(61)55-7-2/h6,8-9,14-15,17-19,21-26,30-31,38,42,47-49,58-59H,1,7,10-13,16,20,27-29,32,34H2,2-5H3,(H,55,61). The molecule has 4 aromatic carbocycles. The summed E-state index contributed by atoms with van der Waals surface area (Å²) >= 11 is 0.